The topological polar surface area (TPSA) is 87.2 Å². The molecule has 0 aromatic carbocycles. The first-order valence-electron chi connectivity index (χ1n) is 5.53. The van der Waals surface area contributed by atoms with E-state index in [1.165, 1.54) is 9.80 Å². The lowest BCUT2D eigenvalue weighted by Gasteiger charge is -2.23. The normalized spacial score (nSPS) is 24.0. The van der Waals surface area contributed by atoms with Crippen LogP contribution in [0.3, 0.4) is 0 Å². The number of hydrogen-bond acceptors (Lipinski definition) is 4. The second-order valence-corrected chi connectivity index (χ2v) is 4.12. The van der Waals surface area contributed by atoms with Crippen LogP contribution in [0.5, 0.6) is 0 Å². The number of rotatable bonds is 3. The number of likely N-dealkylation sites (tertiary alicyclic amines) is 1. The standard InChI is InChI=1S/C10H14N2O5/c13-8(6-11-4-5-17-10(11)16)12-3-1-2-7(12)9(14)15/h7H,1-6H2,(H,14,15). The summed E-state index contributed by atoms with van der Waals surface area (Å²) in [5, 5.41) is 8.95. The zero-order valence-electron chi connectivity index (χ0n) is 9.29. The Morgan fingerprint density at radius 3 is 2.76 bits per heavy atom. The third kappa shape index (κ3) is 2.32. The molecule has 2 aliphatic rings. The van der Waals surface area contributed by atoms with E-state index in [0.29, 0.717) is 25.9 Å². The summed E-state index contributed by atoms with van der Waals surface area (Å²) in [6.45, 7) is 1.02. The minimum Gasteiger partial charge on any atom is -0.480 e. The number of ether oxygens (including phenoxy) is 1. The number of hydrogen-bond donors (Lipinski definition) is 1. The fraction of sp³-hybridized carbons (Fsp3) is 0.700. The Hall–Kier alpha value is -1.79. The zero-order valence-corrected chi connectivity index (χ0v) is 9.29. The highest BCUT2D eigenvalue weighted by atomic mass is 16.6. The van der Waals surface area contributed by atoms with E-state index in [1.807, 2.05) is 0 Å². The van der Waals surface area contributed by atoms with E-state index in [-0.39, 0.29) is 19.1 Å². The summed E-state index contributed by atoms with van der Waals surface area (Å²) in [7, 11) is 0. The molecule has 2 amide bonds. The number of cyclic esters (lactones) is 1. The maximum absolute atomic E-state index is 11.9. The Labute approximate surface area is 97.9 Å². The molecule has 2 heterocycles. The van der Waals surface area contributed by atoms with Crippen LogP contribution in [-0.4, -0.2) is 65.2 Å². The van der Waals surface area contributed by atoms with Crippen LogP contribution in [-0.2, 0) is 14.3 Å². The third-order valence-electron chi connectivity index (χ3n) is 3.03. The summed E-state index contributed by atoms with van der Waals surface area (Å²) >= 11 is 0. The number of carboxylic acid groups (broad SMARTS) is 1. The van der Waals surface area contributed by atoms with Crippen LogP contribution in [0.15, 0.2) is 0 Å². The van der Waals surface area contributed by atoms with Gasteiger partial charge in [0.2, 0.25) is 5.91 Å². The molecule has 17 heavy (non-hydrogen) atoms. The van der Waals surface area contributed by atoms with Crippen molar-refractivity contribution in [1.82, 2.24) is 9.80 Å². The second-order valence-electron chi connectivity index (χ2n) is 4.12. The maximum Gasteiger partial charge on any atom is 0.410 e. The lowest BCUT2D eigenvalue weighted by molar-refractivity contribution is -0.148. The molecule has 1 N–H and O–H groups in total. The van der Waals surface area contributed by atoms with Crippen LogP contribution in [0.25, 0.3) is 0 Å². The number of amides is 2. The zero-order chi connectivity index (χ0) is 12.4. The maximum atomic E-state index is 11.9. The summed E-state index contributed by atoms with van der Waals surface area (Å²) in [5.41, 5.74) is 0. The van der Waals surface area contributed by atoms with Gasteiger partial charge in [0.15, 0.2) is 0 Å². The van der Waals surface area contributed by atoms with Crippen molar-refractivity contribution >= 4 is 18.0 Å². The van der Waals surface area contributed by atoms with Crippen LogP contribution >= 0.6 is 0 Å². The highest BCUT2D eigenvalue weighted by Gasteiger charge is 2.35. The molecule has 2 saturated heterocycles. The van der Waals surface area contributed by atoms with Gasteiger partial charge < -0.3 is 14.7 Å². The van der Waals surface area contributed by atoms with Gasteiger partial charge in [0, 0.05) is 6.54 Å². The lowest BCUT2D eigenvalue weighted by atomic mass is 10.2. The van der Waals surface area contributed by atoms with E-state index >= 15 is 0 Å². The highest BCUT2D eigenvalue weighted by Crippen LogP contribution is 2.18. The van der Waals surface area contributed by atoms with Gasteiger partial charge in [0.1, 0.15) is 19.2 Å². The quantitative estimate of drug-likeness (QED) is 0.721. The molecule has 0 saturated carbocycles. The molecule has 0 radical (unpaired) electrons. The summed E-state index contributed by atoms with van der Waals surface area (Å²) in [4.78, 5) is 36.6. The van der Waals surface area contributed by atoms with Crippen LogP contribution in [0, 0.1) is 0 Å². The van der Waals surface area contributed by atoms with Crippen molar-refractivity contribution in [2.75, 3.05) is 26.2 Å². The number of aliphatic carboxylic acids is 1. The molecule has 1 atom stereocenters. The smallest absolute Gasteiger partial charge is 0.410 e. The predicted molar refractivity (Wildman–Crippen MR) is 55.3 cm³/mol. The van der Waals surface area contributed by atoms with Crippen LogP contribution in [0.2, 0.25) is 0 Å². The summed E-state index contributed by atoms with van der Waals surface area (Å²) < 4.78 is 4.70. The van der Waals surface area contributed by atoms with Crippen molar-refractivity contribution in [1.29, 1.82) is 0 Å². The van der Waals surface area contributed by atoms with Crippen molar-refractivity contribution < 1.29 is 24.2 Å². The Morgan fingerprint density at radius 2 is 2.18 bits per heavy atom. The SMILES string of the molecule is O=C(O)C1CCCN1C(=O)CN1CCOC1=O. The van der Waals surface area contributed by atoms with E-state index in [2.05, 4.69) is 0 Å². The average molecular weight is 242 g/mol. The van der Waals surface area contributed by atoms with Gasteiger partial charge >= 0.3 is 12.1 Å². The number of carbonyl (C=O) groups excluding carboxylic acids is 2. The van der Waals surface area contributed by atoms with Crippen LogP contribution in [0.4, 0.5) is 4.79 Å². The van der Waals surface area contributed by atoms with Gasteiger partial charge in [-0.1, -0.05) is 0 Å². The van der Waals surface area contributed by atoms with Gasteiger partial charge in [0.25, 0.3) is 0 Å². The van der Waals surface area contributed by atoms with E-state index in [9.17, 15) is 14.4 Å². The van der Waals surface area contributed by atoms with Crippen molar-refractivity contribution in [3.63, 3.8) is 0 Å². The van der Waals surface area contributed by atoms with Crippen LogP contribution < -0.4 is 0 Å². The van der Waals surface area contributed by atoms with Crippen molar-refractivity contribution in [3.05, 3.63) is 0 Å². The largest absolute Gasteiger partial charge is 0.480 e. The number of carbonyl (C=O) groups is 3. The minimum absolute atomic E-state index is 0.0946. The van der Waals surface area contributed by atoms with E-state index < -0.39 is 18.1 Å². The van der Waals surface area contributed by atoms with Gasteiger partial charge in [0.05, 0.1) is 6.54 Å². The first-order chi connectivity index (χ1) is 8.09. The first-order valence-corrected chi connectivity index (χ1v) is 5.53. The monoisotopic (exact) mass is 242 g/mol. The highest BCUT2D eigenvalue weighted by molar-refractivity contribution is 5.87. The molecule has 7 nitrogen and oxygen atoms in total. The molecular formula is C10H14N2O5. The molecule has 0 aromatic heterocycles. The van der Waals surface area contributed by atoms with Gasteiger partial charge in [-0.15, -0.1) is 0 Å². The van der Waals surface area contributed by atoms with Crippen molar-refractivity contribution in [2.24, 2.45) is 0 Å². The Morgan fingerprint density at radius 1 is 1.41 bits per heavy atom. The predicted octanol–water partition coefficient (Wildman–Crippen LogP) is -0.486. The molecule has 7 heteroatoms. The molecule has 0 bridgehead atoms. The van der Waals surface area contributed by atoms with E-state index in [0.717, 1.165) is 0 Å². The molecule has 0 spiro atoms. The van der Waals surface area contributed by atoms with Gasteiger partial charge in [-0.3, -0.25) is 9.69 Å². The lowest BCUT2D eigenvalue weighted by Crippen LogP contribution is -2.45. The van der Waals surface area contributed by atoms with E-state index in [4.69, 9.17) is 9.84 Å². The summed E-state index contributed by atoms with van der Waals surface area (Å²) in [6, 6.07) is -0.749. The molecule has 2 aliphatic heterocycles. The number of nitrogens with zero attached hydrogens (tertiary/aromatic N) is 2. The fourth-order valence-electron chi connectivity index (χ4n) is 2.15. The van der Waals surface area contributed by atoms with Crippen LogP contribution in [0.1, 0.15) is 12.8 Å². The summed E-state index contributed by atoms with van der Waals surface area (Å²) in [5.74, 6) is -1.31. The van der Waals surface area contributed by atoms with Gasteiger partial charge in [-0.2, -0.15) is 0 Å². The molecule has 0 aromatic rings. The molecule has 1 unspecified atom stereocenters. The molecular weight excluding hydrogens is 228 g/mol. The Balaban J connectivity index is 1.95. The molecule has 94 valence electrons. The number of carboxylic acids is 1. The van der Waals surface area contributed by atoms with Crippen molar-refractivity contribution in [3.8, 4) is 0 Å². The molecule has 0 aliphatic carbocycles. The van der Waals surface area contributed by atoms with Gasteiger partial charge in [-0.25, -0.2) is 9.59 Å². The minimum atomic E-state index is -0.986. The average Bonchev–Trinajstić information content (AvgIpc) is 2.87. The molecule has 2 rings (SSSR count). The fourth-order valence-corrected chi connectivity index (χ4v) is 2.15. The Bertz CT molecular complexity index is 357. The molecule has 2 fully saturated rings. The van der Waals surface area contributed by atoms with Crippen molar-refractivity contribution in [2.45, 2.75) is 18.9 Å². The first kappa shape index (κ1) is 11.7. The van der Waals surface area contributed by atoms with E-state index in [1.54, 1.807) is 0 Å². The summed E-state index contributed by atoms with van der Waals surface area (Å²) in [6.07, 6.45) is 0.656. The third-order valence-corrected chi connectivity index (χ3v) is 3.03. The second kappa shape index (κ2) is 4.60. The Kier molecular flexibility index (Phi) is 3.16. The van der Waals surface area contributed by atoms with Gasteiger partial charge in [-0.05, 0) is 12.8 Å².